The number of anilines is 1. The second kappa shape index (κ2) is 8.48. The van der Waals surface area contributed by atoms with Gasteiger partial charge < -0.3 is 15.2 Å². The third-order valence-corrected chi connectivity index (χ3v) is 6.11. The number of alkyl halides is 1. The number of ether oxygens (including phenoxy) is 1. The molecule has 0 radical (unpaired) electrons. The van der Waals surface area contributed by atoms with Crippen molar-refractivity contribution in [3.8, 4) is 11.9 Å². The lowest BCUT2D eigenvalue weighted by atomic mass is 9.51. The van der Waals surface area contributed by atoms with Crippen molar-refractivity contribution >= 4 is 5.95 Å². The Morgan fingerprint density at radius 2 is 2.13 bits per heavy atom. The third-order valence-electron chi connectivity index (χ3n) is 6.11. The molecule has 1 aliphatic carbocycles. The smallest absolute Gasteiger partial charge is 0.223 e. The number of rotatable bonds is 8. The predicted octanol–water partition coefficient (Wildman–Crippen LogP) is 2.83. The Morgan fingerprint density at radius 1 is 1.37 bits per heavy atom. The van der Waals surface area contributed by atoms with Gasteiger partial charge in [0, 0.05) is 12.7 Å². The topological polar surface area (TPSA) is 117 Å². The van der Waals surface area contributed by atoms with Crippen LogP contribution in [0.5, 0.6) is 5.88 Å². The molecule has 8 nitrogen and oxygen atoms in total. The van der Waals surface area contributed by atoms with E-state index in [4.69, 9.17) is 4.74 Å². The summed E-state index contributed by atoms with van der Waals surface area (Å²) in [6.07, 6.45) is 4.56. The first-order valence-corrected chi connectivity index (χ1v) is 9.92. The summed E-state index contributed by atoms with van der Waals surface area (Å²) in [6.45, 7) is 7.50. The standard InChI is InChI=1S/C21H27FN6O2/c1-13(22)11-30-18-15(8-24-12-27-18)10-26-19-25-9-14(7-23)17(28-19)5-16-6-21(4,29)20(16,2)3/h8-9,12-13,16,29H,5-6,10-11H2,1-4H3,(H,25,26,28)/t13?,16-,21+/m1/s1. The van der Waals surface area contributed by atoms with Gasteiger partial charge >= 0.3 is 0 Å². The third kappa shape index (κ3) is 4.49. The van der Waals surface area contributed by atoms with E-state index in [0.717, 1.165) is 0 Å². The summed E-state index contributed by atoms with van der Waals surface area (Å²) in [6, 6.07) is 2.14. The van der Waals surface area contributed by atoms with Crippen LogP contribution in [0.25, 0.3) is 0 Å². The number of nitrogens with zero attached hydrogens (tertiary/aromatic N) is 5. The number of nitriles is 1. The Hall–Kier alpha value is -2.86. The molecule has 3 atom stereocenters. The predicted molar refractivity (Wildman–Crippen MR) is 108 cm³/mol. The van der Waals surface area contributed by atoms with Crippen LogP contribution in [0.3, 0.4) is 0 Å². The van der Waals surface area contributed by atoms with E-state index >= 15 is 0 Å². The summed E-state index contributed by atoms with van der Waals surface area (Å²) >= 11 is 0. The summed E-state index contributed by atoms with van der Waals surface area (Å²) < 4.78 is 18.5. The molecule has 0 saturated heterocycles. The molecule has 0 amide bonds. The van der Waals surface area contributed by atoms with Crippen LogP contribution in [0.4, 0.5) is 10.3 Å². The zero-order valence-electron chi connectivity index (χ0n) is 17.7. The quantitative estimate of drug-likeness (QED) is 0.677. The van der Waals surface area contributed by atoms with Crippen molar-refractivity contribution in [2.45, 2.75) is 58.9 Å². The largest absolute Gasteiger partial charge is 0.474 e. The van der Waals surface area contributed by atoms with E-state index in [9.17, 15) is 14.8 Å². The molecule has 1 unspecified atom stereocenters. The average Bonchev–Trinajstić information content (AvgIpc) is 2.70. The second-order valence-corrected chi connectivity index (χ2v) is 8.56. The molecular formula is C21H27FN6O2. The number of nitrogens with one attached hydrogen (secondary N) is 1. The van der Waals surface area contributed by atoms with Gasteiger partial charge in [-0.2, -0.15) is 5.26 Å². The molecule has 3 rings (SSSR count). The Labute approximate surface area is 175 Å². The summed E-state index contributed by atoms with van der Waals surface area (Å²) in [4.78, 5) is 16.8. The highest BCUT2D eigenvalue weighted by Crippen LogP contribution is 2.55. The van der Waals surface area contributed by atoms with Gasteiger partial charge in [0.15, 0.2) is 0 Å². The van der Waals surface area contributed by atoms with Crippen molar-refractivity contribution in [2.24, 2.45) is 11.3 Å². The van der Waals surface area contributed by atoms with E-state index in [1.54, 1.807) is 6.20 Å². The van der Waals surface area contributed by atoms with Gasteiger partial charge in [-0.05, 0) is 38.0 Å². The fourth-order valence-corrected chi connectivity index (χ4v) is 3.59. The average molecular weight is 414 g/mol. The monoisotopic (exact) mass is 414 g/mol. The zero-order chi connectivity index (χ0) is 21.9. The first-order valence-electron chi connectivity index (χ1n) is 9.92. The first kappa shape index (κ1) is 21.8. The van der Waals surface area contributed by atoms with Crippen molar-refractivity contribution < 1.29 is 14.2 Å². The summed E-state index contributed by atoms with van der Waals surface area (Å²) in [5.74, 6) is 0.878. The number of hydrogen-bond donors (Lipinski definition) is 2. The molecule has 2 N–H and O–H groups in total. The Balaban J connectivity index is 1.72. The van der Waals surface area contributed by atoms with Gasteiger partial charge in [0.2, 0.25) is 11.8 Å². The van der Waals surface area contributed by atoms with Crippen molar-refractivity contribution in [1.29, 1.82) is 5.26 Å². The summed E-state index contributed by atoms with van der Waals surface area (Å²) in [7, 11) is 0. The highest BCUT2D eigenvalue weighted by Gasteiger charge is 2.55. The molecule has 1 aliphatic rings. The maximum Gasteiger partial charge on any atom is 0.223 e. The van der Waals surface area contributed by atoms with E-state index in [1.165, 1.54) is 19.4 Å². The first-order chi connectivity index (χ1) is 14.1. The van der Waals surface area contributed by atoms with Crippen LogP contribution in [0, 0.1) is 22.7 Å². The van der Waals surface area contributed by atoms with Crippen LogP contribution in [0.1, 0.15) is 50.9 Å². The lowest BCUT2D eigenvalue weighted by Crippen LogP contribution is -2.59. The Morgan fingerprint density at radius 3 is 2.77 bits per heavy atom. The van der Waals surface area contributed by atoms with Gasteiger partial charge in [0.05, 0.1) is 28.6 Å². The minimum absolute atomic E-state index is 0.0948. The van der Waals surface area contributed by atoms with E-state index in [1.807, 2.05) is 20.8 Å². The summed E-state index contributed by atoms with van der Waals surface area (Å²) in [5, 5.41) is 23.0. The molecule has 2 aromatic heterocycles. The van der Waals surface area contributed by atoms with Crippen LogP contribution >= 0.6 is 0 Å². The van der Waals surface area contributed by atoms with Gasteiger partial charge in [-0.3, -0.25) is 0 Å². The number of aliphatic hydroxyl groups is 1. The Kier molecular flexibility index (Phi) is 6.17. The highest BCUT2D eigenvalue weighted by atomic mass is 19.1. The maximum absolute atomic E-state index is 13.1. The van der Waals surface area contributed by atoms with Crippen LogP contribution in [0.15, 0.2) is 18.7 Å². The van der Waals surface area contributed by atoms with E-state index < -0.39 is 11.8 Å². The number of halogens is 1. The molecular weight excluding hydrogens is 387 g/mol. The molecule has 160 valence electrons. The van der Waals surface area contributed by atoms with Gasteiger partial charge in [0.25, 0.3) is 0 Å². The van der Waals surface area contributed by atoms with Crippen LogP contribution in [0.2, 0.25) is 0 Å². The molecule has 2 aromatic rings. The highest BCUT2D eigenvalue weighted by molar-refractivity contribution is 5.38. The number of aromatic nitrogens is 4. The molecule has 1 fully saturated rings. The maximum atomic E-state index is 13.1. The number of hydrogen-bond acceptors (Lipinski definition) is 8. The zero-order valence-corrected chi connectivity index (χ0v) is 17.7. The molecule has 9 heteroatoms. The fourth-order valence-electron chi connectivity index (χ4n) is 3.59. The molecule has 1 saturated carbocycles. The van der Waals surface area contributed by atoms with Crippen molar-refractivity contribution in [2.75, 3.05) is 11.9 Å². The minimum Gasteiger partial charge on any atom is -0.474 e. The van der Waals surface area contributed by atoms with Crippen molar-refractivity contribution in [3.63, 3.8) is 0 Å². The molecule has 2 heterocycles. The van der Waals surface area contributed by atoms with Gasteiger partial charge in [-0.15, -0.1) is 0 Å². The van der Waals surface area contributed by atoms with Gasteiger partial charge in [0.1, 0.15) is 25.2 Å². The lowest BCUT2D eigenvalue weighted by molar-refractivity contribution is -0.181. The Bertz CT molecular complexity index is 941. The molecule has 0 aliphatic heterocycles. The van der Waals surface area contributed by atoms with Gasteiger partial charge in [-0.1, -0.05) is 13.8 Å². The molecule has 0 spiro atoms. The van der Waals surface area contributed by atoms with E-state index in [-0.39, 0.29) is 24.5 Å². The van der Waals surface area contributed by atoms with Crippen molar-refractivity contribution in [3.05, 3.63) is 35.5 Å². The van der Waals surface area contributed by atoms with Crippen LogP contribution < -0.4 is 10.1 Å². The minimum atomic E-state index is -1.11. The van der Waals surface area contributed by atoms with Crippen LogP contribution in [-0.4, -0.2) is 43.4 Å². The molecule has 0 aromatic carbocycles. The molecule has 30 heavy (non-hydrogen) atoms. The van der Waals surface area contributed by atoms with Crippen LogP contribution in [-0.2, 0) is 13.0 Å². The van der Waals surface area contributed by atoms with Crippen molar-refractivity contribution in [1.82, 2.24) is 19.9 Å². The SMILES string of the molecule is CC(F)COc1ncncc1CNc1ncc(C#N)c(C[C@@H]2C[C@](C)(O)C2(C)C)n1. The summed E-state index contributed by atoms with van der Waals surface area (Å²) in [5.41, 5.74) is 0.727. The normalized spacial score (nSPS) is 23.2. The van der Waals surface area contributed by atoms with E-state index in [2.05, 4.69) is 31.3 Å². The second-order valence-electron chi connectivity index (χ2n) is 8.56. The van der Waals surface area contributed by atoms with Gasteiger partial charge in [-0.25, -0.2) is 24.3 Å². The fraction of sp³-hybridized carbons (Fsp3) is 0.571. The molecule has 0 bridgehead atoms. The van der Waals surface area contributed by atoms with E-state index in [0.29, 0.717) is 41.5 Å². The lowest BCUT2D eigenvalue weighted by Gasteiger charge is -2.57.